The molecular formula is C52H53F3N6O7. The molecule has 0 spiro atoms. The van der Waals surface area contributed by atoms with Crippen LogP contribution in [0.2, 0.25) is 0 Å². The summed E-state index contributed by atoms with van der Waals surface area (Å²) in [5.41, 5.74) is 1.69. The summed E-state index contributed by atoms with van der Waals surface area (Å²) in [6.07, 6.45) is -2.32. The van der Waals surface area contributed by atoms with E-state index >= 15 is 0 Å². The lowest BCUT2D eigenvalue weighted by molar-refractivity contribution is -0.176. The van der Waals surface area contributed by atoms with Crippen LogP contribution in [-0.4, -0.2) is 91.0 Å². The Hall–Kier alpha value is -7.20. The topological polar surface area (TPSA) is 157 Å². The van der Waals surface area contributed by atoms with Gasteiger partial charge in [0.25, 0.3) is 5.91 Å². The van der Waals surface area contributed by atoms with E-state index in [0.29, 0.717) is 17.5 Å². The number of nitrogens with zero attached hydrogens (tertiary/aromatic N) is 6. The third-order valence-corrected chi connectivity index (χ3v) is 12.7. The molecule has 2 aromatic heterocycles. The number of fused-ring (bicyclic) bond motifs is 1. The Morgan fingerprint density at radius 1 is 0.824 bits per heavy atom. The van der Waals surface area contributed by atoms with Gasteiger partial charge >= 0.3 is 12.1 Å². The van der Waals surface area contributed by atoms with Crippen molar-refractivity contribution >= 4 is 18.2 Å². The molecule has 16 heteroatoms. The van der Waals surface area contributed by atoms with E-state index in [0.717, 1.165) is 45.6 Å². The molecule has 0 bridgehead atoms. The second-order valence-corrected chi connectivity index (χ2v) is 17.7. The van der Waals surface area contributed by atoms with Crippen LogP contribution in [0.3, 0.4) is 0 Å². The lowest BCUT2D eigenvalue weighted by atomic mass is 9.83. The van der Waals surface area contributed by atoms with Crippen LogP contribution in [0.15, 0.2) is 137 Å². The summed E-state index contributed by atoms with van der Waals surface area (Å²) in [6.45, 7) is 6.55. The Balaban J connectivity index is 1.20. The Labute approximate surface area is 391 Å². The van der Waals surface area contributed by atoms with E-state index in [4.69, 9.17) is 4.74 Å². The molecule has 354 valence electrons. The van der Waals surface area contributed by atoms with Crippen molar-refractivity contribution in [2.75, 3.05) is 20.1 Å². The fraction of sp³-hybridized carbons (Fsp3) is 0.327. The number of benzene rings is 4. The number of hydrogen-bond acceptors (Lipinski definition) is 10. The summed E-state index contributed by atoms with van der Waals surface area (Å²) in [6, 6.07) is 32.0. The van der Waals surface area contributed by atoms with Crippen molar-refractivity contribution in [3.05, 3.63) is 187 Å². The minimum absolute atomic E-state index is 0.117. The first-order valence-electron chi connectivity index (χ1n) is 22.4. The van der Waals surface area contributed by atoms with Crippen molar-refractivity contribution in [1.29, 1.82) is 0 Å². The van der Waals surface area contributed by atoms with Crippen molar-refractivity contribution < 1.29 is 37.4 Å². The molecule has 1 aliphatic rings. The Kier molecular flexibility index (Phi) is 14.9. The van der Waals surface area contributed by atoms with E-state index in [1.54, 1.807) is 47.4 Å². The number of halogens is 3. The number of ether oxygens (including phenoxy) is 1. The summed E-state index contributed by atoms with van der Waals surface area (Å²) >= 11 is 0. The highest BCUT2D eigenvalue weighted by molar-refractivity contribution is 5.97. The Morgan fingerprint density at radius 2 is 1.40 bits per heavy atom. The number of esters is 1. The number of rotatable bonds is 17. The van der Waals surface area contributed by atoms with Crippen LogP contribution in [0.4, 0.5) is 13.2 Å². The number of aromatic nitrogens is 4. The predicted molar refractivity (Wildman–Crippen MR) is 249 cm³/mol. The van der Waals surface area contributed by atoms with E-state index in [1.165, 1.54) is 11.7 Å². The SMILES string of the molecule is CC(CC(=O)Oc1c2n(ncc1=O)C(C(c1ccccc1)c1ccccc1)CN(C(C)C)C2=O)Cc1cccc(C(c2ccccc2)C(CN(C)C(C)C(F)(F)F)n2ncc(=O)c(O)c2C=O)c1. The maximum Gasteiger partial charge on any atom is 0.403 e. The van der Waals surface area contributed by atoms with Gasteiger partial charge in [-0.25, -0.2) is 0 Å². The van der Waals surface area contributed by atoms with Crippen LogP contribution in [0.5, 0.6) is 11.5 Å². The zero-order chi connectivity index (χ0) is 48.9. The van der Waals surface area contributed by atoms with Crippen LogP contribution < -0.4 is 15.6 Å². The van der Waals surface area contributed by atoms with Gasteiger partial charge < -0.3 is 14.7 Å². The zero-order valence-corrected chi connectivity index (χ0v) is 38.3. The van der Waals surface area contributed by atoms with E-state index in [9.17, 15) is 42.3 Å². The third-order valence-electron chi connectivity index (χ3n) is 12.7. The van der Waals surface area contributed by atoms with Gasteiger partial charge in [0.15, 0.2) is 17.7 Å². The molecule has 68 heavy (non-hydrogen) atoms. The van der Waals surface area contributed by atoms with Gasteiger partial charge in [-0.2, -0.15) is 23.4 Å². The number of amides is 1. The Bertz CT molecular complexity index is 2820. The first kappa shape index (κ1) is 48.7. The number of hydrogen-bond donors (Lipinski definition) is 1. The van der Waals surface area contributed by atoms with Crippen LogP contribution in [0.25, 0.3) is 0 Å². The minimum Gasteiger partial charge on any atom is -0.503 e. The number of carbonyl (C=O) groups is 3. The van der Waals surface area contributed by atoms with Crippen molar-refractivity contribution in [2.45, 2.75) is 82.7 Å². The van der Waals surface area contributed by atoms with E-state index in [2.05, 4.69) is 10.2 Å². The second kappa shape index (κ2) is 20.8. The molecule has 4 aromatic carbocycles. The van der Waals surface area contributed by atoms with Gasteiger partial charge in [-0.1, -0.05) is 122 Å². The van der Waals surface area contributed by atoms with Crippen LogP contribution in [-0.2, 0) is 11.2 Å². The highest BCUT2D eigenvalue weighted by Gasteiger charge is 2.43. The molecule has 0 aliphatic carbocycles. The summed E-state index contributed by atoms with van der Waals surface area (Å²) < 4.78 is 50.8. The molecule has 1 N–H and O–H groups in total. The van der Waals surface area contributed by atoms with Crippen molar-refractivity contribution in [3.63, 3.8) is 0 Å². The minimum atomic E-state index is -4.60. The lowest BCUT2D eigenvalue weighted by Crippen LogP contribution is -2.50. The largest absolute Gasteiger partial charge is 0.503 e. The molecular weight excluding hydrogens is 878 g/mol. The van der Waals surface area contributed by atoms with Crippen molar-refractivity contribution in [3.8, 4) is 11.5 Å². The monoisotopic (exact) mass is 930 g/mol. The van der Waals surface area contributed by atoms with Crippen LogP contribution in [0.1, 0.15) is 107 Å². The number of aldehydes is 1. The molecule has 6 aromatic rings. The highest BCUT2D eigenvalue weighted by Crippen LogP contribution is 2.41. The zero-order valence-electron chi connectivity index (χ0n) is 38.3. The Morgan fingerprint density at radius 3 is 1.97 bits per heavy atom. The second-order valence-electron chi connectivity index (χ2n) is 17.7. The standard InChI is InChI=1S/C52H53F3N6O7/c1-32(2)59-30-41(46(36-17-9-6-10-18-36)37-19-11-7-12-20-37)61-48(51(59)67)50(44(64)28-57-61)68-45(65)25-33(3)24-35-16-15-23-39(26-35)47(38-21-13-8-14-22-38)40(29-58(5)34(4)52(53,54)55)60-42(31-62)49(66)43(63)27-56-60/h6-23,26-28,31-34,40-41,46-47,66H,24-25,29-30H2,1-5H3. The molecule has 7 rings (SSSR count). The van der Waals surface area contributed by atoms with Gasteiger partial charge in [-0.05, 0) is 68.0 Å². The fourth-order valence-corrected chi connectivity index (χ4v) is 9.14. The average molecular weight is 931 g/mol. The average Bonchev–Trinajstić information content (AvgIpc) is 3.31. The smallest absolute Gasteiger partial charge is 0.403 e. The molecule has 1 aliphatic heterocycles. The fourth-order valence-electron chi connectivity index (χ4n) is 9.14. The number of aromatic hydroxyl groups is 1. The third kappa shape index (κ3) is 10.5. The number of alkyl halides is 3. The van der Waals surface area contributed by atoms with E-state index in [1.807, 2.05) is 93.6 Å². The van der Waals surface area contributed by atoms with Gasteiger partial charge in [0, 0.05) is 37.4 Å². The molecule has 1 amide bonds. The predicted octanol–water partition coefficient (Wildman–Crippen LogP) is 7.99. The van der Waals surface area contributed by atoms with Crippen LogP contribution in [0, 0.1) is 5.92 Å². The van der Waals surface area contributed by atoms with Gasteiger partial charge in [-0.15, -0.1) is 0 Å². The van der Waals surface area contributed by atoms with Crippen molar-refractivity contribution in [2.24, 2.45) is 5.92 Å². The summed E-state index contributed by atoms with van der Waals surface area (Å²) in [4.78, 5) is 69.4. The molecule has 5 atom stereocenters. The van der Waals surface area contributed by atoms with Gasteiger partial charge in [0.05, 0.1) is 24.5 Å². The molecule has 0 fully saturated rings. The molecule has 13 nitrogen and oxygen atoms in total. The van der Waals surface area contributed by atoms with Gasteiger partial charge in [-0.3, -0.25) is 38.2 Å². The molecule has 0 radical (unpaired) electrons. The maximum atomic E-state index is 14.3. The quantitative estimate of drug-likeness (QED) is 0.0703. The summed E-state index contributed by atoms with van der Waals surface area (Å²) in [5.74, 6) is -4.00. The molecule has 0 saturated carbocycles. The van der Waals surface area contributed by atoms with Crippen LogP contribution >= 0.6 is 0 Å². The van der Waals surface area contributed by atoms with Crippen molar-refractivity contribution in [1.82, 2.24) is 29.4 Å². The molecule has 3 heterocycles. The highest BCUT2D eigenvalue weighted by atomic mass is 19.4. The first-order valence-corrected chi connectivity index (χ1v) is 22.4. The van der Waals surface area contributed by atoms with Gasteiger partial charge in [0.1, 0.15) is 11.7 Å². The van der Waals surface area contributed by atoms with Gasteiger partial charge in [0.2, 0.25) is 16.6 Å². The van der Waals surface area contributed by atoms with E-state index in [-0.39, 0.29) is 43.5 Å². The molecule has 0 saturated heterocycles. The lowest BCUT2D eigenvalue weighted by Gasteiger charge is -2.41. The molecule has 5 unspecified atom stereocenters. The summed E-state index contributed by atoms with van der Waals surface area (Å²) in [7, 11) is 1.30. The van der Waals surface area contributed by atoms with E-state index < -0.39 is 76.1 Å². The number of carbonyl (C=O) groups excluding carboxylic acids is 3. The normalized spacial score (nSPS) is 15.8. The number of likely N-dealkylation sites (N-methyl/N-ethyl adjacent to an activating group) is 1. The maximum absolute atomic E-state index is 14.3. The first-order chi connectivity index (χ1) is 32.5. The summed E-state index contributed by atoms with van der Waals surface area (Å²) in [5, 5.41) is 19.4.